The second kappa shape index (κ2) is 12.8. The SMILES string of the molecule is CNc1cc(N(c2ccccc2)c2ccccc2)ccc1C1=NC2=NC(c3ccc(C)cc3NC)=NC3=C(N(C)C)C=C(N(C)C)C(=N1)N23. The van der Waals surface area contributed by atoms with Gasteiger partial charge in [0.25, 0.3) is 0 Å². The van der Waals surface area contributed by atoms with Crippen LogP contribution < -0.4 is 15.5 Å². The highest BCUT2D eigenvalue weighted by molar-refractivity contribution is 6.27. The molecule has 0 spiro atoms. The summed E-state index contributed by atoms with van der Waals surface area (Å²) in [6.45, 7) is 2.08. The van der Waals surface area contributed by atoms with E-state index in [4.69, 9.17) is 20.0 Å². The minimum atomic E-state index is 0.510. The van der Waals surface area contributed by atoms with Gasteiger partial charge in [-0.1, -0.05) is 42.5 Å². The van der Waals surface area contributed by atoms with Crippen LogP contribution in [0, 0.1) is 6.92 Å². The van der Waals surface area contributed by atoms with Crippen molar-refractivity contribution in [2.45, 2.75) is 6.92 Å². The van der Waals surface area contributed by atoms with Crippen molar-refractivity contribution in [1.29, 1.82) is 0 Å². The van der Waals surface area contributed by atoms with Gasteiger partial charge in [-0.15, -0.1) is 0 Å². The van der Waals surface area contributed by atoms with Crippen molar-refractivity contribution in [3.63, 3.8) is 0 Å². The number of guanidine groups is 1. The Hall–Kier alpha value is -6.16. The molecule has 10 nitrogen and oxygen atoms in total. The third-order valence-corrected chi connectivity index (χ3v) is 8.64. The number of nitrogens with zero attached hydrogens (tertiary/aromatic N) is 8. The van der Waals surface area contributed by atoms with Gasteiger partial charge in [-0.05, 0) is 73.2 Å². The van der Waals surface area contributed by atoms with Gasteiger partial charge >= 0.3 is 0 Å². The molecule has 0 unspecified atom stereocenters. The van der Waals surface area contributed by atoms with Gasteiger partial charge in [0.2, 0.25) is 5.96 Å². The largest absolute Gasteiger partial charge is 0.388 e. The smallest absolute Gasteiger partial charge is 0.241 e. The van der Waals surface area contributed by atoms with Crippen LogP contribution in [0.25, 0.3) is 0 Å². The maximum atomic E-state index is 5.21. The van der Waals surface area contributed by atoms with Crippen molar-refractivity contribution in [3.05, 3.63) is 137 Å². The van der Waals surface area contributed by atoms with Crippen LogP contribution in [0.2, 0.25) is 0 Å². The molecule has 0 saturated heterocycles. The number of likely N-dealkylation sites (N-methyl/N-ethyl adjacent to an activating group) is 2. The summed E-state index contributed by atoms with van der Waals surface area (Å²) in [5, 5.41) is 6.75. The Morgan fingerprint density at radius 1 is 0.592 bits per heavy atom. The lowest BCUT2D eigenvalue weighted by atomic mass is 10.1. The Kier molecular flexibility index (Phi) is 8.21. The van der Waals surface area contributed by atoms with Crippen LogP contribution in [-0.4, -0.2) is 80.5 Å². The van der Waals surface area contributed by atoms with E-state index in [2.05, 4.69) is 123 Å². The van der Waals surface area contributed by atoms with Gasteiger partial charge in [-0.2, -0.15) is 9.98 Å². The van der Waals surface area contributed by atoms with E-state index in [0.717, 1.165) is 68.2 Å². The van der Waals surface area contributed by atoms with Gasteiger partial charge in [0.1, 0.15) is 0 Å². The predicted octanol–water partition coefficient (Wildman–Crippen LogP) is 7.02. The molecule has 0 amide bonds. The minimum Gasteiger partial charge on any atom is -0.388 e. The number of benzene rings is 4. The number of rotatable bonds is 9. The molecule has 3 aliphatic heterocycles. The zero-order valence-corrected chi connectivity index (χ0v) is 28.9. The fraction of sp³-hybridized carbons (Fsp3) is 0.179. The maximum absolute atomic E-state index is 5.21. The molecule has 0 aliphatic carbocycles. The highest BCUT2D eigenvalue weighted by Crippen LogP contribution is 2.38. The maximum Gasteiger partial charge on any atom is 0.241 e. The van der Waals surface area contributed by atoms with Crippen LogP contribution in [0.5, 0.6) is 0 Å². The molecule has 3 aliphatic rings. The summed E-state index contributed by atoms with van der Waals surface area (Å²) in [6, 6.07) is 33.3. The molecular formula is C39H40N10. The summed E-state index contributed by atoms with van der Waals surface area (Å²) < 4.78 is 0. The Morgan fingerprint density at radius 3 is 1.78 bits per heavy atom. The minimum absolute atomic E-state index is 0.510. The van der Waals surface area contributed by atoms with Crippen LogP contribution in [0.15, 0.2) is 140 Å². The van der Waals surface area contributed by atoms with Crippen molar-refractivity contribution < 1.29 is 0 Å². The van der Waals surface area contributed by atoms with Gasteiger partial charge in [0.05, 0.1) is 11.4 Å². The summed E-state index contributed by atoms with van der Waals surface area (Å²) in [5.74, 6) is 3.10. The number of aryl methyl sites for hydroxylation is 1. The monoisotopic (exact) mass is 648 g/mol. The molecule has 0 saturated carbocycles. The quantitative estimate of drug-likeness (QED) is 0.203. The summed E-state index contributed by atoms with van der Waals surface area (Å²) in [4.78, 5) is 28.9. The van der Waals surface area contributed by atoms with Crippen LogP contribution in [0.1, 0.15) is 16.7 Å². The number of para-hydroxylation sites is 2. The Morgan fingerprint density at radius 2 is 1.18 bits per heavy atom. The molecule has 246 valence electrons. The molecule has 10 heteroatoms. The molecule has 7 rings (SSSR count). The first kappa shape index (κ1) is 31.4. The highest BCUT2D eigenvalue weighted by atomic mass is 15.4. The van der Waals surface area contributed by atoms with E-state index in [1.807, 2.05) is 59.3 Å². The molecule has 0 fully saturated rings. The van der Waals surface area contributed by atoms with Gasteiger partial charge < -0.3 is 25.3 Å². The Labute approximate surface area is 287 Å². The van der Waals surface area contributed by atoms with E-state index in [0.29, 0.717) is 17.6 Å². The van der Waals surface area contributed by atoms with Crippen molar-refractivity contribution >= 4 is 51.9 Å². The normalized spacial score (nSPS) is 14.9. The van der Waals surface area contributed by atoms with Crippen molar-refractivity contribution in [2.24, 2.45) is 20.0 Å². The summed E-state index contributed by atoms with van der Waals surface area (Å²) in [5.41, 5.74) is 9.75. The molecule has 0 bridgehead atoms. The standard InChI is InChI=1S/C39H40N10/c1-25-18-20-29(31(22-25)40-2)35-42-37-33(46(4)5)24-34(47(6)7)38-43-36(45-39(44-35)49(37)38)30-21-19-28(23-32(30)41-3)48(26-14-10-8-11-15-26)27-16-12-9-13-17-27/h8-24,40-41H,1-7H3. The number of hydrogen-bond acceptors (Lipinski definition) is 10. The van der Waals surface area contributed by atoms with Gasteiger partial charge in [0.15, 0.2) is 23.3 Å². The molecule has 0 aromatic heterocycles. The molecule has 2 N–H and O–H groups in total. The zero-order chi connectivity index (χ0) is 34.2. The first-order chi connectivity index (χ1) is 23.8. The molecule has 4 aromatic carbocycles. The van der Waals surface area contributed by atoms with E-state index in [1.165, 1.54) is 0 Å². The zero-order valence-electron chi connectivity index (χ0n) is 28.9. The van der Waals surface area contributed by atoms with Crippen molar-refractivity contribution in [2.75, 3.05) is 57.8 Å². The van der Waals surface area contributed by atoms with E-state index in [9.17, 15) is 0 Å². The van der Waals surface area contributed by atoms with Crippen LogP contribution in [0.4, 0.5) is 28.4 Å². The molecule has 0 atom stereocenters. The lowest BCUT2D eigenvalue weighted by Crippen LogP contribution is -2.47. The molecule has 3 heterocycles. The number of aliphatic imine (C=N–C) groups is 4. The number of hydrogen-bond donors (Lipinski definition) is 2. The number of anilines is 5. The third-order valence-electron chi connectivity index (χ3n) is 8.64. The Bertz CT molecular complexity index is 2060. The molecular weight excluding hydrogens is 608 g/mol. The third kappa shape index (κ3) is 5.71. The average Bonchev–Trinajstić information content (AvgIpc) is 3.12. The summed E-state index contributed by atoms with van der Waals surface area (Å²) in [7, 11) is 11.9. The van der Waals surface area contributed by atoms with Crippen molar-refractivity contribution in [1.82, 2.24) is 14.7 Å². The number of allylic oxidation sites excluding steroid dienone is 1. The highest BCUT2D eigenvalue weighted by Gasteiger charge is 2.39. The predicted molar refractivity (Wildman–Crippen MR) is 204 cm³/mol. The van der Waals surface area contributed by atoms with E-state index in [-0.39, 0.29) is 0 Å². The van der Waals surface area contributed by atoms with Gasteiger partial charge in [0, 0.05) is 81.8 Å². The lowest BCUT2D eigenvalue weighted by molar-refractivity contribution is 0.471. The topological polar surface area (TPSA) is 86.5 Å². The number of nitrogens with one attached hydrogen (secondary N) is 2. The summed E-state index contributed by atoms with van der Waals surface area (Å²) in [6.07, 6.45) is 2.13. The average molecular weight is 649 g/mol. The number of amidine groups is 3. The molecule has 0 radical (unpaired) electrons. The second-order valence-electron chi connectivity index (χ2n) is 12.4. The van der Waals surface area contributed by atoms with Crippen LogP contribution in [-0.2, 0) is 0 Å². The second-order valence-corrected chi connectivity index (χ2v) is 12.4. The van der Waals surface area contributed by atoms with Gasteiger partial charge in [-0.3, -0.25) is 0 Å². The fourth-order valence-corrected chi connectivity index (χ4v) is 6.19. The Balaban J connectivity index is 1.40. The van der Waals surface area contributed by atoms with Crippen molar-refractivity contribution in [3.8, 4) is 0 Å². The van der Waals surface area contributed by atoms with Gasteiger partial charge in [-0.25, -0.2) is 14.9 Å². The molecule has 4 aromatic rings. The molecule has 49 heavy (non-hydrogen) atoms. The first-order valence-corrected chi connectivity index (χ1v) is 16.2. The fourth-order valence-electron chi connectivity index (χ4n) is 6.19. The van der Waals surface area contributed by atoms with Crippen LogP contribution in [0.3, 0.4) is 0 Å². The van der Waals surface area contributed by atoms with Crippen LogP contribution >= 0.6 is 0 Å². The van der Waals surface area contributed by atoms with E-state index < -0.39 is 0 Å². The first-order valence-electron chi connectivity index (χ1n) is 16.2. The summed E-state index contributed by atoms with van der Waals surface area (Å²) >= 11 is 0. The van der Waals surface area contributed by atoms with E-state index >= 15 is 0 Å². The lowest BCUT2D eigenvalue weighted by Gasteiger charge is -2.38. The van der Waals surface area contributed by atoms with E-state index in [1.54, 1.807) is 0 Å².